The number of nitrogens with one attached hydrogen (secondary N) is 2. The minimum Gasteiger partial charge on any atom is -0.491 e. The molecule has 1 aromatic carbocycles. The molecule has 1 atom stereocenters. The van der Waals surface area contributed by atoms with Gasteiger partial charge in [0.25, 0.3) is 0 Å². The number of aryl methyl sites for hydroxylation is 1. The first-order chi connectivity index (χ1) is 13.1. The summed E-state index contributed by atoms with van der Waals surface area (Å²) >= 11 is 0. The predicted octanol–water partition coefficient (Wildman–Crippen LogP) is 3.02. The second kappa shape index (κ2) is 13.4. The maximum Gasteiger partial charge on any atom is 0.191 e. The number of methoxy groups -OCH3 is 1. The molecule has 156 valence electrons. The average Bonchev–Trinajstić information content (AvgIpc) is 3.20. The van der Waals surface area contributed by atoms with Gasteiger partial charge in [0.1, 0.15) is 24.2 Å². The Kier molecular flexibility index (Phi) is 11.6. The quantitative estimate of drug-likeness (QED) is 0.200. The fraction of sp³-hybridized carbons (Fsp3) is 0.450. The van der Waals surface area contributed by atoms with Crippen molar-refractivity contribution in [3.05, 3.63) is 53.5 Å². The fourth-order valence-corrected chi connectivity index (χ4v) is 2.44. The Morgan fingerprint density at radius 1 is 1.25 bits per heavy atom. The summed E-state index contributed by atoms with van der Waals surface area (Å²) in [4.78, 5) is 4.60. The SMILES string of the molecule is CCNC(=NCc1ccc(C)cc1OCCOC)NCC(O)c1ccco1.I. The summed E-state index contributed by atoms with van der Waals surface area (Å²) in [5.41, 5.74) is 2.11. The van der Waals surface area contributed by atoms with E-state index in [4.69, 9.17) is 13.9 Å². The Hall–Kier alpha value is -1.78. The lowest BCUT2D eigenvalue weighted by atomic mass is 10.1. The molecule has 0 fully saturated rings. The Morgan fingerprint density at radius 3 is 2.75 bits per heavy atom. The van der Waals surface area contributed by atoms with Crippen LogP contribution in [0.4, 0.5) is 0 Å². The minimum atomic E-state index is -0.740. The smallest absolute Gasteiger partial charge is 0.191 e. The molecule has 2 rings (SSSR count). The largest absolute Gasteiger partial charge is 0.491 e. The molecule has 3 N–H and O–H groups in total. The van der Waals surface area contributed by atoms with Crippen LogP contribution in [0, 0.1) is 6.92 Å². The number of furan rings is 1. The summed E-state index contributed by atoms with van der Waals surface area (Å²) in [6, 6.07) is 9.55. The van der Waals surface area contributed by atoms with Gasteiger partial charge in [-0.2, -0.15) is 0 Å². The van der Waals surface area contributed by atoms with Gasteiger partial charge in [-0.25, -0.2) is 4.99 Å². The van der Waals surface area contributed by atoms with Gasteiger partial charge in [-0.3, -0.25) is 0 Å². The van der Waals surface area contributed by atoms with Crippen LogP contribution in [-0.2, 0) is 11.3 Å². The van der Waals surface area contributed by atoms with E-state index < -0.39 is 6.10 Å². The molecule has 0 saturated carbocycles. The number of halogens is 1. The van der Waals surface area contributed by atoms with Crippen LogP contribution in [0.3, 0.4) is 0 Å². The Labute approximate surface area is 183 Å². The Bertz CT molecular complexity index is 707. The average molecular weight is 503 g/mol. The summed E-state index contributed by atoms with van der Waals surface area (Å²) in [5, 5.41) is 16.4. The number of aliphatic hydroxyl groups excluding tert-OH is 1. The molecule has 1 unspecified atom stereocenters. The van der Waals surface area contributed by atoms with Crippen molar-refractivity contribution in [1.82, 2.24) is 10.6 Å². The van der Waals surface area contributed by atoms with Gasteiger partial charge in [0, 0.05) is 19.2 Å². The highest BCUT2D eigenvalue weighted by atomic mass is 127. The third kappa shape index (κ3) is 8.07. The number of guanidine groups is 1. The Balaban J connectivity index is 0.00000392. The van der Waals surface area contributed by atoms with Crippen molar-refractivity contribution in [2.75, 3.05) is 33.4 Å². The van der Waals surface area contributed by atoms with Crippen LogP contribution in [0.2, 0.25) is 0 Å². The van der Waals surface area contributed by atoms with Crippen LogP contribution >= 0.6 is 24.0 Å². The van der Waals surface area contributed by atoms with E-state index in [1.165, 1.54) is 0 Å². The van der Waals surface area contributed by atoms with Crippen LogP contribution in [0.25, 0.3) is 0 Å². The third-order valence-electron chi connectivity index (χ3n) is 3.85. The summed E-state index contributed by atoms with van der Waals surface area (Å²) < 4.78 is 16.1. The molecule has 0 bridgehead atoms. The van der Waals surface area contributed by atoms with Crippen molar-refractivity contribution in [1.29, 1.82) is 0 Å². The van der Waals surface area contributed by atoms with E-state index in [1.807, 2.05) is 32.0 Å². The van der Waals surface area contributed by atoms with Crippen molar-refractivity contribution >= 4 is 29.9 Å². The number of aliphatic hydroxyl groups is 1. The Morgan fingerprint density at radius 2 is 2.07 bits per heavy atom. The molecule has 8 heteroatoms. The van der Waals surface area contributed by atoms with Crippen molar-refractivity contribution < 1.29 is 19.0 Å². The van der Waals surface area contributed by atoms with Gasteiger partial charge in [0.15, 0.2) is 5.96 Å². The van der Waals surface area contributed by atoms with E-state index in [-0.39, 0.29) is 24.0 Å². The molecule has 2 aromatic rings. The molecule has 0 aliphatic rings. The summed E-state index contributed by atoms with van der Waals surface area (Å²) in [6.07, 6.45) is 0.802. The van der Waals surface area contributed by atoms with Crippen LogP contribution in [0.1, 0.15) is 29.9 Å². The van der Waals surface area contributed by atoms with Gasteiger partial charge < -0.3 is 29.6 Å². The molecule has 28 heavy (non-hydrogen) atoms. The lowest BCUT2D eigenvalue weighted by Crippen LogP contribution is -2.39. The van der Waals surface area contributed by atoms with Crippen molar-refractivity contribution in [2.24, 2.45) is 4.99 Å². The minimum absolute atomic E-state index is 0. The van der Waals surface area contributed by atoms with Gasteiger partial charge >= 0.3 is 0 Å². The summed E-state index contributed by atoms with van der Waals surface area (Å²) in [7, 11) is 1.65. The van der Waals surface area contributed by atoms with E-state index in [0.29, 0.717) is 44.6 Å². The molecule has 7 nitrogen and oxygen atoms in total. The lowest BCUT2D eigenvalue weighted by Gasteiger charge is -2.15. The standard InChI is InChI=1S/C20H29N3O4.HI/c1-4-21-20(23-14-17(24)18-6-5-9-26-18)22-13-16-8-7-15(2)12-19(16)27-11-10-25-3;/h5-9,12,17,24H,4,10-11,13-14H2,1-3H3,(H2,21,22,23);1H. The number of benzene rings is 1. The molecule has 0 spiro atoms. The first-order valence-electron chi connectivity index (χ1n) is 9.09. The van der Waals surface area contributed by atoms with Gasteiger partial charge in [0.05, 0.1) is 26.0 Å². The van der Waals surface area contributed by atoms with Gasteiger partial charge in [0.2, 0.25) is 0 Å². The number of ether oxygens (including phenoxy) is 2. The second-order valence-corrected chi connectivity index (χ2v) is 6.06. The van der Waals surface area contributed by atoms with Gasteiger partial charge in [-0.1, -0.05) is 12.1 Å². The lowest BCUT2D eigenvalue weighted by molar-refractivity contribution is 0.145. The molecule has 0 radical (unpaired) electrons. The van der Waals surface area contributed by atoms with Crippen LogP contribution in [0.5, 0.6) is 5.75 Å². The monoisotopic (exact) mass is 503 g/mol. The number of hydrogen-bond donors (Lipinski definition) is 3. The van der Waals surface area contributed by atoms with Crippen molar-refractivity contribution in [3.63, 3.8) is 0 Å². The highest BCUT2D eigenvalue weighted by Crippen LogP contribution is 2.21. The highest BCUT2D eigenvalue weighted by molar-refractivity contribution is 14.0. The van der Waals surface area contributed by atoms with Crippen molar-refractivity contribution in [2.45, 2.75) is 26.5 Å². The van der Waals surface area contributed by atoms with Gasteiger partial charge in [-0.15, -0.1) is 24.0 Å². The summed E-state index contributed by atoms with van der Waals surface area (Å²) in [6.45, 7) is 6.51. The highest BCUT2D eigenvalue weighted by Gasteiger charge is 2.11. The van der Waals surface area contributed by atoms with E-state index in [9.17, 15) is 5.11 Å². The topological polar surface area (TPSA) is 88.3 Å². The maximum absolute atomic E-state index is 10.1. The van der Waals surface area contributed by atoms with Crippen LogP contribution < -0.4 is 15.4 Å². The number of nitrogens with zero attached hydrogens (tertiary/aromatic N) is 1. The van der Waals surface area contributed by atoms with E-state index in [1.54, 1.807) is 25.5 Å². The number of rotatable bonds is 10. The first kappa shape index (κ1) is 24.3. The van der Waals surface area contributed by atoms with E-state index >= 15 is 0 Å². The molecule has 0 aliphatic heterocycles. The van der Waals surface area contributed by atoms with E-state index in [0.717, 1.165) is 16.9 Å². The fourth-order valence-electron chi connectivity index (χ4n) is 2.44. The molecule has 1 heterocycles. The van der Waals surface area contributed by atoms with E-state index in [2.05, 4.69) is 15.6 Å². The molecule has 0 aliphatic carbocycles. The molecule has 0 saturated heterocycles. The van der Waals surface area contributed by atoms with Crippen LogP contribution in [-0.4, -0.2) is 44.5 Å². The third-order valence-corrected chi connectivity index (χ3v) is 3.85. The summed E-state index contributed by atoms with van der Waals surface area (Å²) in [5.74, 6) is 1.94. The first-order valence-corrected chi connectivity index (χ1v) is 9.09. The normalized spacial score (nSPS) is 12.2. The predicted molar refractivity (Wildman–Crippen MR) is 120 cm³/mol. The number of hydrogen-bond acceptors (Lipinski definition) is 5. The zero-order valence-electron chi connectivity index (χ0n) is 16.6. The van der Waals surface area contributed by atoms with Crippen molar-refractivity contribution in [3.8, 4) is 5.75 Å². The van der Waals surface area contributed by atoms with Crippen LogP contribution in [0.15, 0.2) is 46.0 Å². The second-order valence-electron chi connectivity index (χ2n) is 6.06. The number of aliphatic imine (C=N–C) groups is 1. The molecule has 1 aromatic heterocycles. The van der Waals surface area contributed by atoms with Gasteiger partial charge in [-0.05, 0) is 37.6 Å². The molecular formula is C20H30IN3O4. The zero-order valence-corrected chi connectivity index (χ0v) is 18.9. The zero-order chi connectivity index (χ0) is 19.5. The molecule has 0 amide bonds. The molecular weight excluding hydrogens is 473 g/mol. The maximum atomic E-state index is 10.1.